The molecular weight excluding hydrogens is 344 g/mol. The van der Waals surface area contributed by atoms with E-state index in [4.69, 9.17) is 4.98 Å². The van der Waals surface area contributed by atoms with Crippen LogP contribution >= 0.6 is 0 Å². The summed E-state index contributed by atoms with van der Waals surface area (Å²) in [5, 5.41) is 14.4. The van der Waals surface area contributed by atoms with Gasteiger partial charge in [0, 0.05) is 18.7 Å². The predicted molar refractivity (Wildman–Crippen MR) is 100 cm³/mol. The molecule has 1 aliphatic heterocycles. The Morgan fingerprint density at radius 2 is 2.04 bits per heavy atom. The Labute approximate surface area is 156 Å². The van der Waals surface area contributed by atoms with Gasteiger partial charge in [-0.1, -0.05) is 30.3 Å². The third kappa shape index (κ3) is 2.95. The molecule has 0 radical (unpaired) electrons. The Bertz CT molecular complexity index is 1010. The van der Waals surface area contributed by atoms with Crippen molar-refractivity contribution in [2.24, 2.45) is 0 Å². The molecule has 0 saturated carbocycles. The molecule has 1 aliphatic rings. The lowest BCUT2D eigenvalue weighted by Gasteiger charge is -2.22. The van der Waals surface area contributed by atoms with Crippen LogP contribution in [0, 0.1) is 0 Å². The van der Waals surface area contributed by atoms with Crippen molar-refractivity contribution in [1.82, 2.24) is 19.7 Å². The van der Waals surface area contributed by atoms with Gasteiger partial charge < -0.3 is 10.0 Å². The smallest absolute Gasteiger partial charge is 0.326 e. The van der Waals surface area contributed by atoms with Crippen molar-refractivity contribution in [3.05, 3.63) is 48.2 Å². The van der Waals surface area contributed by atoms with Gasteiger partial charge in [0.25, 0.3) is 5.91 Å². The maximum absolute atomic E-state index is 13.3. The number of rotatable bonds is 4. The van der Waals surface area contributed by atoms with Gasteiger partial charge in [0.1, 0.15) is 6.04 Å². The van der Waals surface area contributed by atoms with E-state index in [1.807, 2.05) is 37.3 Å². The average Bonchev–Trinajstić information content (AvgIpc) is 3.34. The maximum atomic E-state index is 13.3. The van der Waals surface area contributed by atoms with Crippen LogP contribution in [-0.2, 0) is 11.3 Å². The van der Waals surface area contributed by atoms with Gasteiger partial charge in [-0.15, -0.1) is 0 Å². The Morgan fingerprint density at radius 1 is 1.26 bits per heavy atom. The van der Waals surface area contributed by atoms with Crippen LogP contribution in [0.3, 0.4) is 0 Å². The summed E-state index contributed by atoms with van der Waals surface area (Å²) in [5.41, 5.74) is 2.65. The fourth-order valence-corrected chi connectivity index (χ4v) is 3.63. The van der Waals surface area contributed by atoms with Crippen molar-refractivity contribution in [3.8, 4) is 11.3 Å². The van der Waals surface area contributed by atoms with Gasteiger partial charge >= 0.3 is 5.97 Å². The van der Waals surface area contributed by atoms with Crippen molar-refractivity contribution in [2.75, 3.05) is 6.54 Å². The number of amides is 1. The largest absolute Gasteiger partial charge is 0.480 e. The molecule has 3 aromatic rings. The number of likely N-dealkylation sites (tertiary alicyclic amines) is 1. The minimum atomic E-state index is -0.960. The number of carbonyl (C=O) groups excluding carboxylic acids is 1. The highest BCUT2D eigenvalue weighted by Gasteiger charge is 2.35. The standard InChI is InChI=1S/C20H20N4O3/c1-2-24-18-15(12-21-24)14(11-16(22-18)13-7-4-3-5-8-13)19(25)23-10-6-9-17(23)20(26)27/h3-5,7-8,11-12,17H,2,6,9-10H2,1H3,(H,26,27). The molecule has 1 fully saturated rings. The van der Waals surface area contributed by atoms with E-state index >= 15 is 0 Å². The summed E-state index contributed by atoms with van der Waals surface area (Å²) in [6, 6.07) is 10.6. The van der Waals surface area contributed by atoms with Crippen LogP contribution in [-0.4, -0.2) is 49.2 Å². The molecule has 1 atom stereocenters. The number of hydrogen-bond donors (Lipinski definition) is 1. The van der Waals surface area contributed by atoms with E-state index in [1.165, 1.54) is 4.90 Å². The number of hydrogen-bond acceptors (Lipinski definition) is 4. The topological polar surface area (TPSA) is 88.3 Å². The van der Waals surface area contributed by atoms with Crippen molar-refractivity contribution in [3.63, 3.8) is 0 Å². The van der Waals surface area contributed by atoms with Crippen LogP contribution in [0.2, 0.25) is 0 Å². The Morgan fingerprint density at radius 3 is 2.74 bits per heavy atom. The summed E-state index contributed by atoms with van der Waals surface area (Å²) in [6.07, 6.45) is 2.81. The first kappa shape index (κ1) is 17.2. The van der Waals surface area contributed by atoms with Crippen LogP contribution < -0.4 is 0 Å². The van der Waals surface area contributed by atoms with Crippen LogP contribution in [0.5, 0.6) is 0 Å². The minimum absolute atomic E-state index is 0.278. The Hall–Kier alpha value is -3.22. The van der Waals surface area contributed by atoms with Crippen LogP contribution in [0.1, 0.15) is 30.1 Å². The lowest BCUT2D eigenvalue weighted by atomic mass is 10.1. The zero-order chi connectivity index (χ0) is 19.0. The highest BCUT2D eigenvalue weighted by Crippen LogP contribution is 2.28. The normalized spacial score (nSPS) is 16.8. The molecule has 3 heterocycles. The second-order valence-corrected chi connectivity index (χ2v) is 6.61. The number of nitrogens with zero attached hydrogens (tertiary/aromatic N) is 4. The van der Waals surface area contributed by atoms with Crippen LogP contribution in [0.15, 0.2) is 42.6 Å². The number of carboxylic acid groups (broad SMARTS) is 1. The second kappa shape index (κ2) is 6.83. The number of aryl methyl sites for hydroxylation is 1. The first-order valence-electron chi connectivity index (χ1n) is 9.06. The van der Waals surface area contributed by atoms with E-state index in [0.29, 0.717) is 48.2 Å². The van der Waals surface area contributed by atoms with Gasteiger partial charge in [-0.3, -0.25) is 4.79 Å². The highest BCUT2D eigenvalue weighted by molar-refractivity contribution is 6.07. The molecule has 4 rings (SSSR count). The van der Waals surface area contributed by atoms with Gasteiger partial charge in [0.15, 0.2) is 5.65 Å². The zero-order valence-electron chi connectivity index (χ0n) is 15.0. The summed E-state index contributed by atoms with van der Waals surface area (Å²) < 4.78 is 1.75. The lowest BCUT2D eigenvalue weighted by Crippen LogP contribution is -2.40. The molecule has 7 nitrogen and oxygen atoms in total. The van der Waals surface area contributed by atoms with E-state index in [9.17, 15) is 14.7 Å². The average molecular weight is 364 g/mol. The van der Waals surface area contributed by atoms with E-state index in [-0.39, 0.29) is 5.91 Å². The molecule has 1 saturated heterocycles. The quantitative estimate of drug-likeness (QED) is 0.769. The number of fused-ring (bicyclic) bond motifs is 1. The Balaban J connectivity index is 1.87. The molecular formula is C20H20N4O3. The van der Waals surface area contributed by atoms with Gasteiger partial charge in [0.05, 0.1) is 22.8 Å². The van der Waals surface area contributed by atoms with Crippen molar-refractivity contribution < 1.29 is 14.7 Å². The van der Waals surface area contributed by atoms with Crippen LogP contribution in [0.4, 0.5) is 0 Å². The SMILES string of the molecule is CCn1ncc2c(C(=O)N3CCCC3C(=O)O)cc(-c3ccccc3)nc21. The van der Waals surface area contributed by atoms with E-state index in [0.717, 1.165) is 5.56 Å². The molecule has 0 bridgehead atoms. The number of carbonyl (C=O) groups is 2. The summed E-state index contributed by atoms with van der Waals surface area (Å²) >= 11 is 0. The molecule has 0 aliphatic carbocycles. The summed E-state index contributed by atoms with van der Waals surface area (Å²) in [6.45, 7) is 3.04. The molecule has 27 heavy (non-hydrogen) atoms. The van der Waals surface area contributed by atoms with E-state index in [2.05, 4.69) is 5.10 Å². The molecule has 0 spiro atoms. The van der Waals surface area contributed by atoms with E-state index < -0.39 is 12.0 Å². The first-order chi connectivity index (χ1) is 13.1. The molecule has 2 aromatic heterocycles. The first-order valence-corrected chi connectivity index (χ1v) is 9.06. The van der Waals surface area contributed by atoms with E-state index in [1.54, 1.807) is 16.9 Å². The van der Waals surface area contributed by atoms with Crippen LogP contribution in [0.25, 0.3) is 22.3 Å². The van der Waals surface area contributed by atoms with Gasteiger partial charge in [-0.2, -0.15) is 5.10 Å². The fourth-order valence-electron chi connectivity index (χ4n) is 3.63. The number of benzene rings is 1. The predicted octanol–water partition coefficient (Wildman–Crippen LogP) is 2.81. The second-order valence-electron chi connectivity index (χ2n) is 6.61. The lowest BCUT2D eigenvalue weighted by molar-refractivity contribution is -0.141. The summed E-state index contributed by atoms with van der Waals surface area (Å²) in [7, 11) is 0. The number of carboxylic acids is 1. The maximum Gasteiger partial charge on any atom is 0.326 e. The van der Waals surface area contributed by atoms with Gasteiger partial charge in [0.2, 0.25) is 0 Å². The number of aliphatic carboxylic acids is 1. The molecule has 1 amide bonds. The summed E-state index contributed by atoms with van der Waals surface area (Å²) in [5.74, 6) is -1.24. The molecule has 7 heteroatoms. The van der Waals surface area contributed by atoms with Gasteiger partial charge in [-0.05, 0) is 25.8 Å². The molecule has 1 N–H and O–H groups in total. The van der Waals surface area contributed by atoms with Crippen molar-refractivity contribution in [1.29, 1.82) is 0 Å². The number of aromatic nitrogens is 3. The highest BCUT2D eigenvalue weighted by atomic mass is 16.4. The minimum Gasteiger partial charge on any atom is -0.480 e. The monoisotopic (exact) mass is 364 g/mol. The van der Waals surface area contributed by atoms with Crippen molar-refractivity contribution in [2.45, 2.75) is 32.4 Å². The summed E-state index contributed by atoms with van der Waals surface area (Å²) in [4.78, 5) is 30.9. The number of pyridine rings is 1. The zero-order valence-corrected chi connectivity index (χ0v) is 15.0. The van der Waals surface area contributed by atoms with Gasteiger partial charge in [-0.25, -0.2) is 14.5 Å². The Kier molecular flexibility index (Phi) is 4.35. The molecule has 1 aromatic carbocycles. The molecule has 138 valence electrons. The fraction of sp³-hybridized carbons (Fsp3) is 0.300. The third-order valence-electron chi connectivity index (χ3n) is 5.01. The molecule has 1 unspecified atom stereocenters. The van der Waals surface area contributed by atoms with Crippen molar-refractivity contribution >= 4 is 22.9 Å². The third-order valence-corrected chi connectivity index (χ3v) is 5.01.